The zero-order valence-corrected chi connectivity index (χ0v) is 11.1. The normalized spacial score (nSPS) is 21.7. The van der Waals surface area contributed by atoms with Crippen LogP contribution in [0.3, 0.4) is 0 Å². The Morgan fingerprint density at radius 3 is 3.00 bits per heavy atom. The SMILES string of the molecule is CCC(C)(C)N1CCC(Nc2cccnc2)C1. The minimum absolute atomic E-state index is 0.325. The molecule has 3 heteroatoms. The van der Waals surface area contributed by atoms with Crippen molar-refractivity contribution in [2.75, 3.05) is 18.4 Å². The Kier molecular flexibility index (Phi) is 3.67. The van der Waals surface area contributed by atoms with Crippen LogP contribution in [0.4, 0.5) is 5.69 Å². The molecule has 0 spiro atoms. The fourth-order valence-electron chi connectivity index (χ4n) is 2.34. The van der Waals surface area contributed by atoms with Gasteiger partial charge in [0, 0.05) is 37.1 Å². The van der Waals surface area contributed by atoms with Crippen LogP contribution in [0.2, 0.25) is 0 Å². The van der Waals surface area contributed by atoms with E-state index in [0.29, 0.717) is 11.6 Å². The monoisotopic (exact) mass is 233 g/mol. The second kappa shape index (κ2) is 5.05. The zero-order valence-electron chi connectivity index (χ0n) is 11.1. The van der Waals surface area contributed by atoms with E-state index < -0.39 is 0 Å². The molecule has 2 heterocycles. The lowest BCUT2D eigenvalue weighted by Gasteiger charge is -2.34. The molecule has 1 N–H and O–H groups in total. The highest BCUT2D eigenvalue weighted by atomic mass is 15.2. The van der Waals surface area contributed by atoms with Gasteiger partial charge in [0.25, 0.3) is 0 Å². The van der Waals surface area contributed by atoms with Crippen LogP contribution >= 0.6 is 0 Å². The summed E-state index contributed by atoms with van der Waals surface area (Å²) in [6, 6.07) is 4.62. The molecule has 0 aromatic carbocycles. The van der Waals surface area contributed by atoms with Gasteiger partial charge in [-0.05, 0) is 38.8 Å². The van der Waals surface area contributed by atoms with Crippen molar-refractivity contribution < 1.29 is 0 Å². The van der Waals surface area contributed by atoms with E-state index in [1.54, 1.807) is 0 Å². The molecule has 1 aliphatic heterocycles. The van der Waals surface area contributed by atoms with E-state index in [1.807, 2.05) is 18.5 Å². The van der Waals surface area contributed by atoms with Crippen LogP contribution in [0.5, 0.6) is 0 Å². The Hall–Kier alpha value is -1.09. The van der Waals surface area contributed by atoms with E-state index in [1.165, 1.54) is 19.4 Å². The zero-order chi connectivity index (χ0) is 12.3. The summed E-state index contributed by atoms with van der Waals surface area (Å²) in [4.78, 5) is 6.72. The average Bonchev–Trinajstić information content (AvgIpc) is 2.80. The predicted molar refractivity (Wildman–Crippen MR) is 72.2 cm³/mol. The standard InChI is InChI=1S/C14H23N3/c1-4-14(2,3)17-9-7-13(11-17)16-12-6-5-8-15-10-12/h5-6,8,10,13,16H,4,7,9,11H2,1-3H3. The Balaban J connectivity index is 1.91. The second-order valence-corrected chi connectivity index (χ2v) is 5.48. The molecule has 1 saturated heterocycles. The summed E-state index contributed by atoms with van der Waals surface area (Å²) >= 11 is 0. The Morgan fingerprint density at radius 2 is 2.35 bits per heavy atom. The van der Waals surface area contributed by atoms with Gasteiger partial charge in [-0.1, -0.05) is 6.92 Å². The highest BCUT2D eigenvalue weighted by Crippen LogP contribution is 2.25. The van der Waals surface area contributed by atoms with Crippen LogP contribution in [0.15, 0.2) is 24.5 Å². The van der Waals surface area contributed by atoms with Crippen molar-refractivity contribution >= 4 is 5.69 Å². The van der Waals surface area contributed by atoms with Crippen LogP contribution in [0, 0.1) is 0 Å². The summed E-state index contributed by atoms with van der Waals surface area (Å²) in [5.74, 6) is 0. The number of hydrogen-bond acceptors (Lipinski definition) is 3. The van der Waals surface area contributed by atoms with Gasteiger partial charge in [-0.15, -0.1) is 0 Å². The molecule has 94 valence electrons. The summed E-state index contributed by atoms with van der Waals surface area (Å²) in [6.07, 6.45) is 6.13. The molecule has 0 aliphatic carbocycles. The highest BCUT2D eigenvalue weighted by Gasteiger charge is 2.31. The Bertz CT molecular complexity index is 348. The molecular formula is C14H23N3. The maximum Gasteiger partial charge on any atom is 0.0529 e. The molecule has 1 unspecified atom stereocenters. The third kappa shape index (κ3) is 2.97. The summed E-state index contributed by atoms with van der Waals surface area (Å²) in [6.45, 7) is 9.26. The van der Waals surface area contributed by atoms with Gasteiger partial charge in [0.15, 0.2) is 0 Å². The minimum Gasteiger partial charge on any atom is -0.380 e. The molecule has 2 rings (SSSR count). The lowest BCUT2D eigenvalue weighted by atomic mass is 10.0. The molecule has 17 heavy (non-hydrogen) atoms. The molecule has 1 aliphatic rings. The van der Waals surface area contributed by atoms with Crippen molar-refractivity contribution in [3.05, 3.63) is 24.5 Å². The fraction of sp³-hybridized carbons (Fsp3) is 0.643. The first-order chi connectivity index (χ1) is 8.12. The minimum atomic E-state index is 0.325. The number of anilines is 1. The maximum absolute atomic E-state index is 4.13. The number of pyridine rings is 1. The highest BCUT2D eigenvalue weighted by molar-refractivity contribution is 5.41. The van der Waals surface area contributed by atoms with Gasteiger partial charge in [-0.2, -0.15) is 0 Å². The van der Waals surface area contributed by atoms with Crippen molar-refractivity contribution in [3.63, 3.8) is 0 Å². The van der Waals surface area contributed by atoms with Crippen molar-refractivity contribution in [1.82, 2.24) is 9.88 Å². The first-order valence-corrected chi connectivity index (χ1v) is 6.53. The lowest BCUT2D eigenvalue weighted by Crippen LogP contribution is -2.42. The quantitative estimate of drug-likeness (QED) is 0.866. The van der Waals surface area contributed by atoms with Gasteiger partial charge in [0.2, 0.25) is 0 Å². The van der Waals surface area contributed by atoms with Crippen LogP contribution in [0.1, 0.15) is 33.6 Å². The van der Waals surface area contributed by atoms with Crippen LogP contribution in [0.25, 0.3) is 0 Å². The first-order valence-electron chi connectivity index (χ1n) is 6.53. The van der Waals surface area contributed by atoms with E-state index >= 15 is 0 Å². The van der Waals surface area contributed by atoms with Crippen molar-refractivity contribution in [2.24, 2.45) is 0 Å². The summed E-state index contributed by atoms with van der Waals surface area (Å²) in [5, 5.41) is 3.56. The van der Waals surface area contributed by atoms with Crippen LogP contribution in [-0.2, 0) is 0 Å². The number of rotatable bonds is 4. The van der Waals surface area contributed by atoms with Gasteiger partial charge < -0.3 is 5.32 Å². The second-order valence-electron chi connectivity index (χ2n) is 5.48. The van der Waals surface area contributed by atoms with Gasteiger partial charge in [-0.25, -0.2) is 0 Å². The number of hydrogen-bond donors (Lipinski definition) is 1. The number of nitrogens with one attached hydrogen (secondary N) is 1. The molecule has 0 radical (unpaired) electrons. The summed E-state index contributed by atoms with van der Waals surface area (Å²) < 4.78 is 0. The lowest BCUT2D eigenvalue weighted by molar-refractivity contribution is 0.149. The molecule has 0 bridgehead atoms. The molecular weight excluding hydrogens is 210 g/mol. The van der Waals surface area contributed by atoms with E-state index in [-0.39, 0.29) is 0 Å². The van der Waals surface area contributed by atoms with Crippen LogP contribution in [-0.4, -0.2) is 34.6 Å². The number of likely N-dealkylation sites (tertiary alicyclic amines) is 1. The topological polar surface area (TPSA) is 28.2 Å². The smallest absolute Gasteiger partial charge is 0.0529 e. The van der Waals surface area contributed by atoms with E-state index in [2.05, 4.69) is 42.0 Å². The Labute approximate surface area is 104 Å². The summed E-state index contributed by atoms with van der Waals surface area (Å²) in [7, 11) is 0. The molecule has 1 aromatic rings. The van der Waals surface area contributed by atoms with Crippen molar-refractivity contribution in [3.8, 4) is 0 Å². The van der Waals surface area contributed by atoms with Crippen molar-refractivity contribution in [1.29, 1.82) is 0 Å². The predicted octanol–water partition coefficient (Wildman–Crippen LogP) is 2.76. The number of aromatic nitrogens is 1. The molecule has 3 nitrogen and oxygen atoms in total. The average molecular weight is 233 g/mol. The summed E-state index contributed by atoms with van der Waals surface area (Å²) in [5.41, 5.74) is 1.46. The third-order valence-electron chi connectivity index (χ3n) is 3.94. The van der Waals surface area contributed by atoms with Gasteiger partial charge in [-0.3, -0.25) is 9.88 Å². The van der Waals surface area contributed by atoms with E-state index in [4.69, 9.17) is 0 Å². The third-order valence-corrected chi connectivity index (χ3v) is 3.94. The molecule has 1 fully saturated rings. The van der Waals surface area contributed by atoms with Gasteiger partial charge in [0.05, 0.1) is 5.69 Å². The maximum atomic E-state index is 4.13. The van der Waals surface area contributed by atoms with Crippen LogP contribution < -0.4 is 5.32 Å². The Morgan fingerprint density at radius 1 is 1.53 bits per heavy atom. The van der Waals surface area contributed by atoms with E-state index in [0.717, 1.165) is 12.2 Å². The van der Waals surface area contributed by atoms with E-state index in [9.17, 15) is 0 Å². The molecule has 0 amide bonds. The number of nitrogens with zero attached hydrogens (tertiary/aromatic N) is 2. The van der Waals surface area contributed by atoms with Crippen molar-refractivity contribution in [2.45, 2.75) is 45.2 Å². The van der Waals surface area contributed by atoms with Gasteiger partial charge >= 0.3 is 0 Å². The first kappa shape index (κ1) is 12.4. The molecule has 1 atom stereocenters. The van der Waals surface area contributed by atoms with Gasteiger partial charge in [0.1, 0.15) is 0 Å². The fourth-order valence-corrected chi connectivity index (χ4v) is 2.34. The largest absolute Gasteiger partial charge is 0.380 e. The molecule has 1 aromatic heterocycles. The molecule has 0 saturated carbocycles.